The molecule has 0 amide bonds. The molecule has 3 aromatic rings. The predicted octanol–water partition coefficient (Wildman–Crippen LogP) is 0.208. The van der Waals surface area contributed by atoms with Gasteiger partial charge in [0.2, 0.25) is 20.0 Å². The van der Waals surface area contributed by atoms with Gasteiger partial charge in [0, 0.05) is 43.3 Å². The second-order valence-corrected chi connectivity index (χ2v) is 13.7. The highest BCUT2D eigenvalue weighted by atomic mass is 32.2. The van der Waals surface area contributed by atoms with Gasteiger partial charge in [-0.05, 0) is 44.5 Å². The lowest BCUT2D eigenvalue weighted by Gasteiger charge is -2.38. The fourth-order valence-corrected chi connectivity index (χ4v) is 7.16. The molecule has 0 bridgehead atoms. The monoisotopic (exact) mass is 580 g/mol. The topological polar surface area (TPSA) is 176 Å². The average molecular weight is 581 g/mol. The first-order valence-electron chi connectivity index (χ1n) is 12.6. The number of pyridine rings is 1. The van der Waals surface area contributed by atoms with Crippen LogP contribution < -0.4 is 14.8 Å². The van der Waals surface area contributed by atoms with Crippen LogP contribution in [0.15, 0.2) is 52.5 Å². The van der Waals surface area contributed by atoms with Gasteiger partial charge in [0.25, 0.3) is 0 Å². The molecule has 0 radical (unpaired) electrons. The number of nitrogens with one attached hydrogen (secondary N) is 3. The van der Waals surface area contributed by atoms with E-state index in [0.29, 0.717) is 55.7 Å². The first-order chi connectivity index (χ1) is 18.6. The molecule has 2 saturated heterocycles. The molecular weight excluding hydrogens is 548 g/mol. The molecule has 15 heteroatoms. The van der Waals surface area contributed by atoms with Crippen LogP contribution in [0.1, 0.15) is 19.3 Å². The molecule has 39 heavy (non-hydrogen) atoms. The van der Waals surface area contributed by atoms with Crippen LogP contribution in [0.3, 0.4) is 0 Å². The van der Waals surface area contributed by atoms with Gasteiger partial charge in [-0.3, -0.25) is 5.10 Å². The fraction of sp³-hybridized carbons (Fsp3) is 0.500. The van der Waals surface area contributed by atoms with Crippen molar-refractivity contribution in [3.8, 4) is 5.75 Å². The quantitative estimate of drug-likeness (QED) is 0.259. The summed E-state index contributed by atoms with van der Waals surface area (Å²) in [6.07, 6.45) is 3.93. The van der Waals surface area contributed by atoms with Crippen molar-refractivity contribution in [2.75, 3.05) is 39.9 Å². The van der Waals surface area contributed by atoms with Crippen molar-refractivity contribution in [1.29, 1.82) is 0 Å². The van der Waals surface area contributed by atoms with Crippen molar-refractivity contribution in [3.63, 3.8) is 0 Å². The molecule has 4 N–H and O–H groups in total. The van der Waals surface area contributed by atoms with E-state index >= 15 is 0 Å². The Balaban J connectivity index is 1.08. The third kappa shape index (κ3) is 6.09. The van der Waals surface area contributed by atoms with E-state index in [1.807, 2.05) is 0 Å². The zero-order chi connectivity index (χ0) is 27.7. The smallest absolute Gasteiger partial charge is 0.244 e. The molecule has 13 nitrogen and oxygen atoms in total. The maximum Gasteiger partial charge on any atom is 0.244 e. The fourth-order valence-electron chi connectivity index (χ4n) is 4.97. The standard InChI is InChI=1S/C24H32N6O7S2/c1-25-38(32,33)21-4-2-3-20(10-21)36-16-19(31)13-26-18-11-24(37-15-18)5-7-30(8-6-24)39(34,35)22-9-17-12-28-29-23(17)27-14-22/h2-4,9-10,12,14,18-19,25-26,31H,5-8,11,13,15-16H2,1H3,(H,27,28,29)/t18-,19?/m1/s1. The summed E-state index contributed by atoms with van der Waals surface area (Å²) in [5, 5.41) is 20.9. The van der Waals surface area contributed by atoms with Crippen LogP contribution in [0, 0.1) is 0 Å². The Morgan fingerprint density at radius 3 is 2.77 bits per heavy atom. The van der Waals surface area contributed by atoms with E-state index in [1.165, 1.54) is 29.7 Å². The highest BCUT2D eigenvalue weighted by Crippen LogP contribution is 2.37. The van der Waals surface area contributed by atoms with E-state index in [0.717, 1.165) is 0 Å². The van der Waals surface area contributed by atoms with Gasteiger partial charge in [0.15, 0.2) is 5.65 Å². The minimum Gasteiger partial charge on any atom is -0.491 e. The van der Waals surface area contributed by atoms with Crippen molar-refractivity contribution in [2.24, 2.45) is 0 Å². The third-order valence-corrected chi connectivity index (χ3v) is 10.5. The summed E-state index contributed by atoms with van der Waals surface area (Å²) in [5.74, 6) is 0.343. The van der Waals surface area contributed by atoms with Gasteiger partial charge in [-0.15, -0.1) is 0 Å². The maximum atomic E-state index is 13.2. The minimum absolute atomic E-state index is 0.0128. The molecule has 2 atom stereocenters. The number of hydrogen-bond donors (Lipinski definition) is 4. The van der Waals surface area contributed by atoms with E-state index in [2.05, 4.69) is 25.2 Å². The SMILES string of the molecule is CNS(=O)(=O)c1cccc(OCC(O)CN[C@H]2COC3(CCN(S(=O)(=O)c4cnc5[nH]ncc5c4)CC3)C2)c1. The van der Waals surface area contributed by atoms with Crippen LogP contribution in [0.4, 0.5) is 0 Å². The Morgan fingerprint density at radius 1 is 1.21 bits per heavy atom. The number of aromatic amines is 1. The third-order valence-electron chi connectivity index (χ3n) is 7.22. The number of hydrogen-bond acceptors (Lipinski definition) is 10. The highest BCUT2D eigenvalue weighted by molar-refractivity contribution is 7.89. The summed E-state index contributed by atoms with van der Waals surface area (Å²) in [4.78, 5) is 4.38. The first-order valence-corrected chi connectivity index (χ1v) is 15.5. The van der Waals surface area contributed by atoms with Gasteiger partial charge >= 0.3 is 0 Å². The summed E-state index contributed by atoms with van der Waals surface area (Å²) in [6, 6.07) is 7.66. The van der Waals surface area contributed by atoms with Gasteiger partial charge < -0.3 is 19.9 Å². The number of benzene rings is 1. The van der Waals surface area contributed by atoms with Crippen LogP contribution in [0.5, 0.6) is 5.75 Å². The molecule has 1 spiro atoms. The summed E-state index contributed by atoms with van der Waals surface area (Å²) in [7, 11) is -5.93. The van der Waals surface area contributed by atoms with Gasteiger partial charge in [0.05, 0.1) is 23.3 Å². The van der Waals surface area contributed by atoms with E-state index < -0.39 is 31.8 Å². The number of aliphatic hydroxyl groups excluding tert-OH is 1. The van der Waals surface area contributed by atoms with Crippen molar-refractivity contribution in [3.05, 3.63) is 42.7 Å². The lowest BCUT2D eigenvalue weighted by atomic mass is 9.88. The number of ether oxygens (including phenoxy) is 2. The molecule has 1 aromatic carbocycles. The number of aliphatic hydroxyl groups is 1. The van der Waals surface area contributed by atoms with E-state index in [4.69, 9.17) is 9.47 Å². The Hall–Kier alpha value is -2.66. The molecule has 2 aliphatic heterocycles. The normalized spacial score (nSPS) is 20.9. The van der Waals surface area contributed by atoms with Gasteiger partial charge in [-0.25, -0.2) is 26.5 Å². The summed E-state index contributed by atoms with van der Waals surface area (Å²) >= 11 is 0. The maximum absolute atomic E-state index is 13.2. The van der Waals surface area contributed by atoms with Gasteiger partial charge in [0.1, 0.15) is 23.4 Å². The number of H-pyrrole nitrogens is 1. The number of piperidine rings is 1. The number of sulfonamides is 2. The number of rotatable bonds is 10. The van der Waals surface area contributed by atoms with Crippen molar-refractivity contribution < 1.29 is 31.4 Å². The van der Waals surface area contributed by atoms with E-state index in [1.54, 1.807) is 24.4 Å². The van der Waals surface area contributed by atoms with Crippen LogP contribution in [-0.4, -0.2) is 99.1 Å². The zero-order valence-corrected chi connectivity index (χ0v) is 23.0. The Morgan fingerprint density at radius 2 is 2.00 bits per heavy atom. The minimum atomic E-state index is -3.68. The Labute approximate surface area is 227 Å². The molecule has 212 valence electrons. The summed E-state index contributed by atoms with van der Waals surface area (Å²) in [5.41, 5.74) is 0.132. The Kier molecular flexibility index (Phi) is 7.92. The van der Waals surface area contributed by atoms with Gasteiger partial charge in [-0.2, -0.15) is 9.40 Å². The molecule has 4 heterocycles. The zero-order valence-electron chi connectivity index (χ0n) is 21.4. The number of aromatic nitrogens is 3. The molecule has 0 saturated carbocycles. The van der Waals surface area contributed by atoms with E-state index in [-0.39, 0.29) is 29.0 Å². The number of fused-ring (bicyclic) bond motifs is 1. The lowest BCUT2D eigenvalue weighted by Crippen LogP contribution is -2.47. The second-order valence-electron chi connectivity index (χ2n) is 9.83. The molecule has 1 unspecified atom stereocenters. The van der Waals surface area contributed by atoms with Gasteiger partial charge in [-0.1, -0.05) is 6.07 Å². The molecule has 5 rings (SSSR count). The predicted molar refractivity (Wildman–Crippen MR) is 141 cm³/mol. The molecule has 2 fully saturated rings. The molecular formula is C24H32N6O7S2. The largest absolute Gasteiger partial charge is 0.491 e. The van der Waals surface area contributed by atoms with Crippen LogP contribution >= 0.6 is 0 Å². The van der Waals surface area contributed by atoms with E-state index in [9.17, 15) is 21.9 Å². The first kappa shape index (κ1) is 27.9. The second kappa shape index (κ2) is 11.1. The van der Waals surface area contributed by atoms with Crippen molar-refractivity contribution in [2.45, 2.75) is 46.8 Å². The van der Waals surface area contributed by atoms with Crippen LogP contribution in [0.2, 0.25) is 0 Å². The summed E-state index contributed by atoms with van der Waals surface area (Å²) < 4.78 is 65.7. The Bertz CT molecular complexity index is 1520. The van der Waals surface area contributed by atoms with Crippen molar-refractivity contribution >= 4 is 31.1 Å². The highest BCUT2D eigenvalue weighted by Gasteiger charge is 2.44. The van der Waals surface area contributed by atoms with Crippen LogP contribution in [-0.2, 0) is 24.8 Å². The average Bonchev–Trinajstić information content (AvgIpc) is 3.58. The molecule has 2 aliphatic rings. The lowest BCUT2D eigenvalue weighted by molar-refractivity contribution is -0.0312. The number of nitrogens with zero attached hydrogens (tertiary/aromatic N) is 3. The summed E-state index contributed by atoms with van der Waals surface area (Å²) in [6.45, 7) is 1.41. The van der Waals surface area contributed by atoms with Crippen molar-refractivity contribution in [1.82, 2.24) is 29.5 Å². The molecule has 2 aromatic heterocycles. The van der Waals surface area contributed by atoms with Crippen LogP contribution in [0.25, 0.3) is 11.0 Å². The molecule has 0 aliphatic carbocycles.